The van der Waals surface area contributed by atoms with Crippen LogP contribution in [-0.4, -0.2) is 68.8 Å². The number of hydrogen-bond acceptors (Lipinski definition) is 7. The van der Waals surface area contributed by atoms with Crippen LogP contribution in [-0.2, 0) is 25.5 Å². The summed E-state index contributed by atoms with van der Waals surface area (Å²) in [6.07, 6.45) is 5.06. The number of phenols is 2. The average Bonchev–Trinajstić information content (AvgIpc) is 3.46. The minimum atomic E-state index is -1.44. The van der Waals surface area contributed by atoms with Crippen molar-refractivity contribution < 1.29 is 34.4 Å². The van der Waals surface area contributed by atoms with Crippen molar-refractivity contribution in [2.45, 2.75) is 103 Å². The third-order valence-corrected chi connectivity index (χ3v) is 10.4. The number of esters is 1. The molecule has 39 heavy (non-hydrogen) atoms. The lowest BCUT2D eigenvalue weighted by Crippen LogP contribution is -2.54. The van der Waals surface area contributed by atoms with Gasteiger partial charge in [0.15, 0.2) is 11.5 Å². The van der Waals surface area contributed by atoms with E-state index in [2.05, 4.69) is 26.1 Å². The zero-order valence-corrected chi connectivity index (χ0v) is 23.2. The number of nitrogens with one attached hydrogen (secondary N) is 1. The Morgan fingerprint density at radius 2 is 1.85 bits per heavy atom. The molecule has 5 rings (SSSR count). The summed E-state index contributed by atoms with van der Waals surface area (Å²) in [5.74, 6) is -1.09. The smallest absolute Gasteiger partial charge is 0.329 e. The van der Waals surface area contributed by atoms with Crippen LogP contribution in [0.5, 0.6) is 11.5 Å². The average molecular weight is 543 g/mol. The second-order valence-corrected chi connectivity index (χ2v) is 13.0. The molecule has 4 fully saturated rings. The number of carbonyl (C=O) groups excluding carboxylic acids is 3. The first-order valence-corrected chi connectivity index (χ1v) is 14.4. The monoisotopic (exact) mass is 542 g/mol. The molecule has 3 saturated carbocycles. The van der Waals surface area contributed by atoms with E-state index in [1.54, 1.807) is 4.90 Å². The predicted octanol–water partition coefficient (Wildman–Crippen LogP) is 3.04. The van der Waals surface area contributed by atoms with Gasteiger partial charge in [0.2, 0.25) is 11.8 Å². The molecule has 4 N–H and O–H groups in total. The fraction of sp³-hybridized carbons (Fsp3) is 0.700. The van der Waals surface area contributed by atoms with E-state index in [9.17, 15) is 29.7 Å². The quantitative estimate of drug-likeness (QED) is 0.278. The van der Waals surface area contributed by atoms with Gasteiger partial charge in [-0.2, -0.15) is 0 Å². The highest BCUT2D eigenvalue weighted by Gasteiger charge is 2.63. The SMILES string of the molecule is CC1(C)C2CCC1(C)C(OC(=O)C1CCCN1C(=O)C(CC1CC1)NC(=O)C(O)Cc1ccc(O)c(O)c1)C2. The normalized spacial score (nSPS) is 30.7. The number of ether oxygens (including phenoxy) is 1. The van der Waals surface area contributed by atoms with Crippen LogP contribution in [0, 0.1) is 22.7 Å². The van der Waals surface area contributed by atoms with Crippen LogP contribution >= 0.6 is 0 Å². The molecule has 1 saturated heterocycles. The van der Waals surface area contributed by atoms with E-state index < -0.39 is 24.1 Å². The Kier molecular flexibility index (Phi) is 7.33. The molecule has 6 unspecified atom stereocenters. The molecule has 1 heterocycles. The van der Waals surface area contributed by atoms with Gasteiger partial charge in [-0.05, 0) is 73.5 Å². The van der Waals surface area contributed by atoms with Gasteiger partial charge in [-0.3, -0.25) is 9.59 Å². The molecule has 9 nitrogen and oxygen atoms in total. The second-order valence-electron chi connectivity index (χ2n) is 13.0. The van der Waals surface area contributed by atoms with Crippen LogP contribution < -0.4 is 5.32 Å². The van der Waals surface area contributed by atoms with E-state index in [0.29, 0.717) is 43.2 Å². The topological polar surface area (TPSA) is 136 Å². The van der Waals surface area contributed by atoms with Crippen molar-refractivity contribution >= 4 is 17.8 Å². The van der Waals surface area contributed by atoms with Crippen molar-refractivity contribution in [3.8, 4) is 11.5 Å². The van der Waals surface area contributed by atoms with Crippen molar-refractivity contribution in [3.63, 3.8) is 0 Å². The van der Waals surface area contributed by atoms with E-state index in [4.69, 9.17) is 4.74 Å². The van der Waals surface area contributed by atoms with Gasteiger partial charge in [-0.1, -0.05) is 39.7 Å². The van der Waals surface area contributed by atoms with Gasteiger partial charge in [0.05, 0.1) is 0 Å². The molecule has 6 atom stereocenters. The van der Waals surface area contributed by atoms with Crippen molar-refractivity contribution in [2.75, 3.05) is 6.54 Å². The van der Waals surface area contributed by atoms with Gasteiger partial charge in [0.1, 0.15) is 24.3 Å². The van der Waals surface area contributed by atoms with Crippen LogP contribution in [0.3, 0.4) is 0 Å². The molecule has 0 aromatic heterocycles. The first-order chi connectivity index (χ1) is 18.4. The fourth-order valence-corrected chi connectivity index (χ4v) is 7.19. The predicted molar refractivity (Wildman–Crippen MR) is 143 cm³/mol. The number of benzene rings is 1. The number of amides is 2. The molecule has 0 radical (unpaired) electrons. The van der Waals surface area contributed by atoms with Crippen LogP contribution in [0.1, 0.15) is 77.7 Å². The maximum absolute atomic E-state index is 13.7. The molecular formula is C30H42N2O7. The Bertz CT molecular complexity index is 1130. The number of likely N-dealkylation sites (tertiary alicyclic amines) is 1. The highest BCUT2D eigenvalue weighted by atomic mass is 16.5. The lowest BCUT2D eigenvalue weighted by atomic mass is 9.70. The van der Waals surface area contributed by atoms with E-state index in [1.165, 1.54) is 18.2 Å². The molecule has 4 aliphatic rings. The lowest BCUT2D eigenvalue weighted by Gasteiger charge is -2.39. The van der Waals surface area contributed by atoms with Crippen molar-refractivity contribution in [1.82, 2.24) is 10.2 Å². The minimum Gasteiger partial charge on any atom is -0.504 e. The first kappa shape index (κ1) is 27.7. The van der Waals surface area contributed by atoms with Crippen LogP contribution in [0.2, 0.25) is 0 Å². The largest absolute Gasteiger partial charge is 0.504 e. The van der Waals surface area contributed by atoms with E-state index >= 15 is 0 Å². The maximum atomic E-state index is 13.7. The summed E-state index contributed by atoms with van der Waals surface area (Å²) in [5.41, 5.74) is 0.522. The van der Waals surface area contributed by atoms with Gasteiger partial charge in [0.25, 0.3) is 0 Å². The summed E-state index contributed by atoms with van der Waals surface area (Å²) in [6, 6.07) is 2.60. The van der Waals surface area contributed by atoms with Crippen LogP contribution in [0.25, 0.3) is 0 Å². The number of aromatic hydroxyl groups is 2. The van der Waals surface area contributed by atoms with Crippen LogP contribution in [0.15, 0.2) is 18.2 Å². The molecule has 1 aliphatic heterocycles. The number of rotatable bonds is 9. The van der Waals surface area contributed by atoms with Gasteiger partial charge < -0.3 is 30.3 Å². The highest BCUT2D eigenvalue weighted by molar-refractivity contribution is 5.92. The highest BCUT2D eigenvalue weighted by Crippen LogP contribution is 2.66. The Balaban J connectivity index is 1.23. The molecule has 214 valence electrons. The van der Waals surface area contributed by atoms with E-state index in [1.807, 2.05) is 0 Å². The minimum absolute atomic E-state index is 0.0618. The Hall–Kier alpha value is -2.81. The Labute approximate surface area is 229 Å². The third kappa shape index (κ3) is 5.22. The standard InChI is InChI=1S/C30H42N2O7/c1-29(2)19-10-11-30(29,3)25(16-19)39-28(38)21-5-4-12-32(21)27(37)20(13-17-6-7-17)31-26(36)24(35)15-18-8-9-22(33)23(34)14-18/h8-9,14,17,19-21,24-25,33-35H,4-7,10-13,15-16H2,1-3H3,(H,31,36). The molecule has 0 spiro atoms. The maximum Gasteiger partial charge on any atom is 0.329 e. The summed E-state index contributed by atoms with van der Waals surface area (Å²) in [5, 5.41) is 32.5. The number of fused-ring (bicyclic) bond motifs is 2. The van der Waals surface area contributed by atoms with Crippen molar-refractivity contribution in [3.05, 3.63) is 23.8 Å². The lowest BCUT2D eigenvalue weighted by molar-refractivity contribution is -0.165. The van der Waals surface area contributed by atoms with Crippen LogP contribution in [0.4, 0.5) is 0 Å². The summed E-state index contributed by atoms with van der Waals surface area (Å²) in [4.78, 5) is 41.6. The molecule has 3 aliphatic carbocycles. The third-order valence-electron chi connectivity index (χ3n) is 10.4. The number of nitrogens with zero attached hydrogens (tertiary/aromatic N) is 1. The number of phenolic OH excluding ortho intramolecular Hbond substituents is 2. The van der Waals surface area contributed by atoms with Gasteiger partial charge in [-0.15, -0.1) is 0 Å². The summed E-state index contributed by atoms with van der Waals surface area (Å²) < 4.78 is 6.13. The second kappa shape index (κ2) is 10.3. The molecule has 9 heteroatoms. The van der Waals surface area contributed by atoms with E-state index in [-0.39, 0.29) is 46.7 Å². The molecule has 2 amide bonds. The number of aliphatic hydroxyl groups is 1. The van der Waals surface area contributed by atoms with Crippen molar-refractivity contribution in [2.24, 2.45) is 22.7 Å². The number of aliphatic hydroxyl groups excluding tert-OH is 1. The van der Waals surface area contributed by atoms with Crippen molar-refractivity contribution in [1.29, 1.82) is 0 Å². The zero-order chi connectivity index (χ0) is 28.1. The van der Waals surface area contributed by atoms with Gasteiger partial charge in [0, 0.05) is 18.4 Å². The fourth-order valence-electron chi connectivity index (χ4n) is 7.19. The Morgan fingerprint density at radius 3 is 2.46 bits per heavy atom. The van der Waals surface area contributed by atoms with Gasteiger partial charge >= 0.3 is 5.97 Å². The Morgan fingerprint density at radius 1 is 1.10 bits per heavy atom. The molecule has 1 aromatic carbocycles. The summed E-state index contributed by atoms with van der Waals surface area (Å²) in [7, 11) is 0. The molecular weight excluding hydrogens is 500 g/mol. The summed E-state index contributed by atoms with van der Waals surface area (Å²) >= 11 is 0. The van der Waals surface area contributed by atoms with E-state index in [0.717, 1.165) is 32.1 Å². The summed E-state index contributed by atoms with van der Waals surface area (Å²) in [6.45, 7) is 7.20. The van der Waals surface area contributed by atoms with Gasteiger partial charge in [-0.25, -0.2) is 4.79 Å². The zero-order valence-electron chi connectivity index (χ0n) is 23.2. The first-order valence-electron chi connectivity index (χ1n) is 14.4. The molecule has 2 bridgehead atoms. The molecule has 1 aromatic rings. The number of carbonyl (C=O) groups is 3. The number of hydrogen-bond donors (Lipinski definition) is 4.